The van der Waals surface area contributed by atoms with Gasteiger partial charge in [0, 0.05) is 20.6 Å². The van der Waals surface area contributed by atoms with Crippen LogP contribution in [0, 0.1) is 0 Å². The van der Waals surface area contributed by atoms with Crippen LogP contribution in [0.3, 0.4) is 0 Å². The van der Waals surface area contributed by atoms with Gasteiger partial charge in [0.25, 0.3) is 0 Å². The number of hydrogen-bond donors (Lipinski definition) is 3. The summed E-state index contributed by atoms with van der Waals surface area (Å²) >= 11 is 0. The van der Waals surface area contributed by atoms with Gasteiger partial charge in [-0.05, 0) is 11.1 Å². The standard InChI is InChI=1S/C11H18N4O2S.HI/c1-13-11(14-2)15-7-9-3-5-10(6-4-9)8-18(12,16)17;/h3-6H,7-8H2,1-2H3,(H2,12,16,17)(H2,13,14,15);1H. The summed E-state index contributed by atoms with van der Waals surface area (Å²) in [5, 5.41) is 11.0. The summed E-state index contributed by atoms with van der Waals surface area (Å²) in [4.78, 5) is 3.99. The highest BCUT2D eigenvalue weighted by atomic mass is 127. The van der Waals surface area contributed by atoms with Gasteiger partial charge in [-0.15, -0.1) is 24.0 Å². The molecule has 0 unspecified atom stereocenters. The lowest BCUT2D eigenvalue weighted by Gasteiger charge is -2.08. The summed E-state index contributed by atoms with van der Waals surface area (Å²) in [7, 11) is 0.00242. The zero-order valence-corrected chi connectivity index (χ0v) is 14.0. The number of guanidine groups is 1. The van der Waals surface area contributed by atoms with Crippen LogP contribution in [0.5, 0.6) is 0 Å². The van der Waals surface area contributed by atoms with E-state index < -0.39 is 10.0 Å². The Balaban J connectivity index is 0.00000324. The smallest absolute Gasteiger partial charge is 0.213 e. The Morgan fingerprint density at radius 2 is 1.79 bits per heavy atom. The number of nitrogens with one attached hydrogen (secondary N) is 2. The molecule has 6 nitrogen and oxygen atoms in total. The molecule has 0 aromatic heterocycles. The average molecular weight is 398 g/mol. The van der Waals surface area contributed by atoms with Gasteiger partial charge in [0.15, 0.2) is 5.96 Å². The Kier molecular flexibility index (Phi) is 7.95. The fraction of sp³-hybridized carbons (Fsp3) is 0.364. The molecule has 0 atom stereocenters. The highest BCUT2D eigenvalue weighted by Gasteiger charge is 2.04. The van der Waals surface area contributed by atoms with E-state index in [-0.39, 0.29) is 29.7 Å². The van der Waals surface area contributed by atoms with Crippen LogP contribution in [0.15, 0.2) is 29.3 Å². The molecule has 1 aromatic rings. The zero-order chi connectivity index (χ0) is 13.6. The molecule has 0 aliphatic heterocycles. The second-order valence-corrected chi connectivity index (χ2v) is 5.41. The Labute approximate surface area is 130 Å². The van der Waals surface area contributed by atoms with E-state index in [1.54, 1.807) is 26.2 Å². The first-order chi connectivity index (χ1) is 8.44. The third-order valence-electron chi connectivity index (χ3n) is 2.31. The van der Waals surface area contributed by atoms with Crippen molar-refractivity contribution in [2.24, 2.45) is 10.1 Å². The van der Waals surface area contributed by atoms with Crippen molar-refractivity contribution in [2.45, 2.75) is 12.3 Å². The molecule has 1 rings (SSSR count). The Morgan fingerprint density at radius 1 is 1.26 bits per heavy atom. The van der Waals surface area contributed by atoms with Gasteiger partial charge in [0.2, 0.25) is 10.0 Å². The molecular formula is C11H19IN4O2S. The Hall–Kier alpha value is -0.870. The first kappa shape index (κ1) is 18.1. The molecule has 0 saturated carbocycles. The molecule has 1 aromatic carbocycles. The van der Waals surface area contributed by atoms with Gasteiger partial charge < -0.3 is 10.6 Å². The predicted molar refractivity (Wildman–Crippen MR) is 87.9 cm³/mol. The molecule has 0 saturated heterocycles. The lowest BCUT2D eigenvalue weighted by molar-refractivity contribution is 0.597. The lowest BCUT2D eigenvalue weighted by atomic mass is 10.1. The minimum Gasteiger partial charge on any atom is -0.359 e. The monoisotopic (exact) mass is 398 g/mol. The number of benzene rings is 1. The van der Waals surface area contributed by atoms with Crippen molar-refractivity contribution in [3.8, 4) is 0 Å². The van der Waals surface area contributed by atoms with E-state index in [1.165, 1.54) is 0 Å². The number of nitrogens with zero attached hydrogens (tertiary/aromatic N) is 1. The summed E-state index contributed by atoms with van der Waals surface area (Å²) in [6, 6.07) is 7.22. The van der Waals surface area contributed by atoms with Gasteiger partial charge in [0.05, 0.1) is 5.75 Å². The SMILES string of the molecule is CN=C(NC)NCc1ccc(CS(N)(=O)=O)cc1.I. The molecule has 0 bridgehead atoms. The van der Waals surface area contributed by atoms with Gasteiger partial charge in [-0.3, -0.25) is 4.99 Å². The molecular weight excluding hydrogens is 379 g/mol. The largest absolute Gasteiger partial charge is 0.359 e. The minimum absolute atomic E-state index is 0. The summed E-state index contributed by atoms with van der Waals surface area (Å²) in [5.74, 6) is 0.558. The Bertz CT molecular complexity index is 514. The van der Waals surface area contributed by atoms with E-state index in [1.807, 2.05) is 12.1 Å². The molecule has 19 heavy (non-hydrogen) atoms. The van der Waals surface area contributed by atoms with E-state index in [4.69, 9.17) is 5.14 Å². The highest BCUT2D eigenvalue weighted by molar-refractivity contribution is 14.0. The van der Waals surface area contributed by atoms with Crippen molar-refractivity contribution in [2.75, 3.05) is 14.1 Å². The van der Waals surface area contributed by atoms with Crippen LogP contribution in [-0.2, 0) is 22.3 Å². The number of sulfonamides is 1. The van der Waals surface area contributed by atoms with Crippen molar-refractivity contribution in [1.82, 2.24) is 10.6 Å². The fourth-order valence-corrected chi connectivity index (χ4v) is 2.11. The van der Waals surface area contributed by atoms with Gasteiger partial charge in [-0.2, -0.15) is 0 Å². The molecule has 0 radical (unpaired) electrons. The maximum absolute atomic E-state index is 10.9. The first-order valence-corrected chi connectivity index (χ1v) is 7.13. The first-order valence-electron chi connectivity index (χ1n) is 5.41. The number of rotatable bonds is 4. The number of primary sulfonamides is 1. The van der Waals surface area contributed by atoms with E-state index in [2.05, 4.69) is 15.6 Å². The predicted octanol–water partition coefficient (Wildman–Crippen LogP) is 0.388. The van der Waals surface area contributed by atoms with Crippen molar-refractivity contribution >= 4 is 40.0 Å². The maximum Gasteiger partial charge on any atom is 0.213 e. The summed E-state index contributed by atoms with van der Waals surface area (Å²) in [5.41, 5.74) is 1.71. The van der Waals surface area contributed by atoms with Crippen LogP contribution in [0.25, 0.3) is 0 Å². The average Bonchev–Trinajstić information content (AvgIpc) is 2.30. The van der Waals surface area contributed by atoms with Crippen LogP contribution < -0.4 is 15.8 Å². The van der Waals surface area contributed by atoms with E-state index in [0.29, 0.717) is 18.1 Å². The van der Waals surface area contributed by atoms with E-state index >= 15 is 0 Å². The number of hydrogen-bond acceptors (Lipinski definition) is 3. The van der Waals surface area contributed by atoms with Gasteiger partial charge in [-0.1, -0.05) is 24.3 Å². The Morgan fingerprint density at radius 3 is 2.21 bits per heavy atom. The summed E-state index contributed by atoms with van der Waals surface area (Å²) in [6.07, 6.45) is 0. The molecule has 0 fully saturated rings. The fourth-order valence-electron chi connectivity index (χ4n) is 1.45. The van der Waals surface area contributed by atoms with E-state index in [0.717, 1.165) is 5.56 Å². The van der Waals surface area contributed by atoms with Crippen molar-refractivity contribution in [1.29, 1.82) is 0 Å². The maximum atomic E-state index is 10.9. The second kappa shape index (κ2) is 8.33. The van der Waals surface area contributed by atoms with Gasteiger partial charge in [0.1, 0.15) is 0 Å². The molecule has 4 N–H and O–H groups in total. The normalized spacial score (nSPS) is 11.6. The van der Waals surface area contributed by atoms with Crippen molar-refractivity contribution in [3.05, 3.63) is 35.4 Å². The molecule has 0 spiro atoms. The molecule has 0 aliphatic rings. The van der Waals surface area contributed by atoms with Gasteiger partial charge >= 0.3 is 0 Å². The quantitative estimate of drug-likeness (QED) is 0.388. The summed E-state index contributed by atoms with van der Waals surface area (Å²) < 4.78 is 21.8. The molecule has 8 heteroatoms. The van der Waals surface area contributed by atoms with Crippen LogP contribution in [-0.4, -0.2) is 28.5 Å². The molecule has 0 heterocycles. The highest BCUT2D eigenvalue weighted by Crippen LogP contribution is 2.06. The van der Waals surface area contributed by atoms with Gasteiger partial charge in [-0.25, -0.2) is 13.6 Å². The lowest BCUT2D eigenvalue weighted by Crippen LogP contribution is -2.34. The van der Waals surface area contributed by atoms with Crippen molar-refractivity contribution < 1.29 is 8.42 Å². The number of halogens is 1. The minimum atomic E-state index is -3.47. The number of aliphatic imine (C=N–C) groups is 1. The van der Waals surface area contributed by atoms with Crippen LogP contribution in [0.1, 0.15) is 11.1 Å². The summed E-state index contributed by atoms with van der Waals surface area (Å²) in [6.45, 7) is 0.614. The molecule has 0 aliphatic carbocycles. The topological polar surface area (TPSA) is 96.6 Å². The number of nitrogens with two attached hydrogens (primary N) is 1. The molecule has 0 amide bonds. The van der Waals surface area contributed by atoms with Crippen molar-refractivity contribution in [3.63, 3.8) is 0 Å². The van der Waals surface area contributed by atoms with Crippen LogP contribution in [0.4, 0.5) is 0 Å². The van der Waals surface area contributed by atoms with E-state index in [9.17, 15) is 8.42 Å². The third kappa shape index (κ3) is 7.33. The molecule has 108 valence electrons. The third-order valence-corrected chi connectivity index (χ3v) is 3.05. The van der Waals surface area contributed by atoms with Crippen LogP contribution in [0.2, 0.25) is 0 Å². The zero-order valence-electron chi connectivity index (χ0n) is 10.9. The van der Waals surface area contributed by atoms with Crippen LogP contribution >= 0.6 is 24.0 Å². The second-order valence-electron chi connectivity index (χ2n) is 3.80.